The number of hydrogen-bond donors (Lipinski definition) is 0. The van der Waals surface area contributed by atoms with Gasteiger partial charge in [-0.1, -0.05) is 11.3 Å². The van der Waals surface area contributed by atoms with Gasteiger partial charge in [-0.05, 0) is 18.2 Å². The van der Waals surface area contributed by atoms with Gasteiger partial charge in [0.15, 0.2) is 0 Å². The lowest BCUT2D eigenvalue weighted by atomic mass is 10.2. The van der Waals surface area contributed by atoms with E-state index in [4.69, 9.17) is 0 Å². The number of rotatable bonds is 1. The van der Waals surface area contributed by atoms with Gasteiger partial charge in [-0.25, -0.2) is 9.51 Å². The molecule has 0 saturated heterocycles. The van der Waals surface area contributed by atoms with Crippen LogP contribution < -0.4 is 0 Å². The summed E-state index contributed by atoms with van der Waals surface area (Å²) in [6, 6.07) is 5.64. The smallest absolute Gasteiger partial charge is 0.267 e. The zero-order valence-electron chi connectivity index (χ0n) is 7.66. The maximum absolute atomic E-state index is 11.0. The van der Waals surface area contributed by atoms with Gasteiger partial charge < -0.3 is 0 Å². The molecule has 0 saturated carbocycles. The van der Waals surface area contributed by atoms with Crippen molar-refractivity contribution in [3.63, 3.8) is 0 Å². The number of aliphatic imine (C=N–C) groups is 1. The minimum absolute atomic E-state index is 0.248. The van der Waals surface area contributed by atoms with Gasteiger partial charge in [-0.2, -0.15) is 0 Å². The highest BCUT2D eigenvalue weighted by atomic mass is 16.1. The maximum Gasteiger partial charge on any atom is 0.270 e. The first-order chi connectivity index (χ1) is 7.34. The van der Waals surface area contributed by atoms with E-state index in [-0.39, 0.29) is 5.91 Å². The summed E-state index contributed by atoms with van der Waals surface area (Å²) in [6.07, 6.45) is 4.87. The molecule has 0 aliphatic carbocycles. The Balaban J connectivity index is 2.24. The summed E-state index contributed by atoms with van der Waals surface area (Å²) in [5.74, 6) is -0.248. The molecule has 0 spiro atoms. The quantitative estimate of drug-likeness (QED) is 0.674. The summed E-state index contributed by atoms with van der Waals surface area (Å²) in [4.78, 5) is 14.8. The molecule has 0 N–H and O–H groups in total. The Kier molecular flexibility index (Phi) is 1.53. The lowest BCUT2D eigenvalue weighted by Crippen LogP contribution is -1.96. The minimum atomic E-state index is -0.248. The Morgan fingerprint density at radius 1 is 1.20 bits per heavy atom. The maximum atomic E-state index is 11.0. The van der Waals surface area contributed by atoms with Crippen LogP contribution in [0.3, 0.4) is 0 Å². The Hall–Kier alpha value is -2.30. The van der Waals surface area contributed by atoms with E-state index >= 15 is 0 Å². The number of carbonyl (C=O) groups is 1. The van der Waals surface area contributed by atoms with Crippen LogP contribution in [0.2, 0.25) is 0 Å². The van der Waals surface area contributed by atoms with Gasteiger partial charge in [0.25, 0.3) is 5.91 Å². The van der Waals surface area contributed by atoms with Gasteiger partial charge in [-0.15, -0.1) is 5.10 Å². The molecule has 0 unspecified atom stereocenters. The van der Waals surface area contributed by atoms with Crippen molar-refractivity contribution in [3.05, 3.63) is 42.2 Å². The number of fused-ring (bicyclic) bond motifs is 1. The Morgan fingerprint density at radius 3 is 2.93 bits per heavy atom. The predicted molar refractivity (Wildman–Crippen MR) is 53.7 cm³/mol. The third-order valence-electron chi connectivity index (χ3n) is 2.18. The van der Waals surface area contributed by atoms with E-state index in [9.17, 15) is 4.79 Å². The predicted octanol–water partition coefficient (Wildman–Crippen LogP) is 0.615. The van der Waals surface area contributed by atoms with E-state index in [0.717, 1.165) is 5.52 Å². The number of amides is 1. The number of allylic oxidation sites excluding steroid dienone is 1. The van der Waals surface area contributed by atoms with Gasteiger partial charge in [0.1, 0.15) is 5.69 Å². The molecule has 2 aromatic heterocycles. The summed E-state index contributed by atoms with van der Waals surface area (Å²) in [5.41, 5.74) is 2.05. The van der Waals surface area contributed by atoms with Crippen LogP contribution in [0.15, 0.2) is 41.5 Å². The molecular weight excluding hydrogens is 192 g/mol. The van der Waals surface area contributed by atoms with Gasteiger partial charge in [-0.3, -0.25) is 4.79 Å². The molecule has 72 valence electrons. The molecule has 0 aromatic carbocycles. The monoisotopic (exact) mass is 198 g/mol. The summed E-state index contributed by atoms with van der Waals surface area (Å²) < 4.78 is 1.65. The van der Waals surface area contributed by atoms with Crippen LogP contribution in [-0.4, -0.2) is 26.4 Å². The lowest BCUT2D eigenvalue weighted by molar-refractivity contribution is -0.113. The fourth-order valence-corrected chi connectivity index (χ4v) is 1.50. The molecule has 15 heavy (non-hydrogen) atoms. The van der Waals surface area contributed by atoms with Crippen LogP contribution in [0, 0.1) is 0 Å². The average Bonchev–Trinajstić information content (AvgIpc) is 2.83. The number of aromatic nitrogens is 3. The zero-order chi connectivity index (χ0) is 10.3. The van der Waals surface area contributed by atoms with E-state index in [2.05, 4.69) is 15.3 Å². The van der Waals surface area contributed by atoms with Gasteiger partial charge >= 0.3 is 0 Å². The van der Waals surface area contributed by atoms with E-state index in [1.54, 1.807) is 16.8 Å². The highest BCUT2D eigenvalue weighted by molar-refractivity contribution is 6.21. The van der Waals surface area contributed by atoms with Crippen molar-refractivity contribution in [1.29, 1.82) is 0 Å². The Morgan fingerprint density at radius 2 is 2.13 bits per heavy atom. The largest absolute Gasteiger partial charge is 0.270 e. The molecular formula is C10H6N4O. The summed E-state index contributed by atoms with van der Waals surface area (Å²) in [6.45, 7) is 0. The summed E-state index contributed by atoms with van der Waals surface area (Å²) in [7, 11) is 0. The average molecular weight is 198 g/mol. The van der Waals surface area contributed by atoms with Crippen molar-refractivity contribution in [2.75, 3.05) is 0 Å². The molecule has 1 aliphatic heterocycles. The Labute approximate surface area is 84.7 Å². The van der Waals surface area contributed by atoms with Crippen molar-refractivity contribution in [3.8, 4) is 0 Å². The number of nitrogens with zero attached hydrogens (tertiary/aromatic N) is 4. The molecule has 5 nitrogen and oxygen atoms in total. The fourth-order valence-electron chi connectivity index (χ4n) is 1.50. The molecule has 0 atom stereocenters. The second-order valence-corrected chi connectivity index (χ2v) is 3.14. The highest BCUT2D eigenvalue weighted by Crippen LogP contribution is 2.11. The highest BCUT2D eigenvalue weighted by Gasteiger charge is 2.14. The van der Waals surface area contributed by atoms with Crippen LogP contribution >= 0.6 is 0 Å². The van der Waals surface area contributed by atoms with Crippen LogP contribution in [0.1, 0.15) is 5.69 Å². The van der Waals surface area contributed by atoms with Crippen molar-refractivity contribution in [2.24, 2.45) is 4.99 Å². The summed E-state index contributed by atoms with van der Waals surface area (Å²) in [5, 5.41) is 7.92. The van der Waals surface area contributed by atoms with Crippen LogP contribution in [0.5, 0.6) is 0 Å². The second-order valence-electron chi connectivity index (χ2n) is 3.14. The molecule has 1 aliphatic rings. The lowest BCUT2D eigenvalue weighted by Gasteiger charge is -1.92. The normalized spacial score (nSPS) is 14.9. The molecule has 1 amide bonds. The third kappa shape index (κ3) is 1.17. The van der Waals surface area contributed by atoms with Crippen molar-refractivity contribution in [1.82, 2.24) is 14.8 Å². The first kappa shape index (κ1) is 8.05. The van der Waals surface area contributed by atoms with Crippen LogP contribution in [0.25, 0.3) is 5.52 Å². The van der Waals surface area contributed by atoms with Gasteiger partial charge in [0.2, 0.25) is 0 Å². The van der Waals surface area contributed by atoms with Crippen LogP contribution in [0.4, 0.5) is 0 Å². The molecule has 0 radical (unpaired) electrons. The van der Waals surface area contributed by atoms with E-state index in [1.807, 2.05) is 18.2 Å². The fraction of sp³-hybridized carbons (Fsp3) is 0. The Bertz CT molecular complexity index is 609. The number of pyridine rings is 1. The first-order valence-corrected chi connectivity index (χ1v) is 4.46. The minimum Gasteiger partial charge on any atom is -0.267 e. The molecule has 0 bridgehead atoms. The molecule has 3 heterocycles. The SMILES string of the molecule is O=C1C=CC(c2nnn3ccccc23)=N1. The van der Waals surface area contributed by atoms with Crippen molar-refractivity contribution in [2.45, 2.75) is 0 Å². The molecule has 0 fully saturated rings. The van der Waals surface area contributed by atoms with Gasteiger partial charge in [0, 0.05) is 12.3 Å². The number of hydrogen-bond acceptors (Lipinski definition) is 3. The first-order valence-electron chi connectivity index (χ1n) is 4.46. The second kappa shape index (κ2) is 2.84. The van der Waals surface area contributed by atoms with Crippen molar-refractivity contribution < 1.29 is 4.79 Å². The molecule has 5 heteroatoms. The third-order valence-corrected chi connectivity index (χ3v) is 2.18. The topological polar surface area (TPSA) is 59.6 Å². The van der Waals surface area contributed by atoms with E-state index in [1.165, 1.54) is 6.08 Å². The van der Waals surface area contributed by atoms with Crippen molar-refractivity contribution >= 4 is 17.1 Å². The number of carbonyl (C=O) groups excluding carboxylic acids is 1. The zero-order valence-corrected chi connectivity index (χ0v) is 7.66. The molecule has 3 rings (SSSR count). The standard InChI is InChI=1S/C10H6N4O/c15-9-5-4-7(11-9)10-8-3-1-2-6-14(8)13-12-10/h1-6H. The van der Waals surface area contributed by atoms with Gasteiger partial charge in [0.05, 0.1) is 11.2 Å². The van der Waals surface area contributed by atoms with Crippen LogP contribution in [-0.2, 0) is 4.79 Å². The van der Waals surface area contributed by atoms with E-state index in [0.29, 0.717) is 11.4 Å². The molecule has 2 aromatic rings. The summed E-state index contributed by atoms with van der Waals surface area (Å²) >= 11 is 0. The van der Waals surface area contributed by atoms with E-state index < -0.39 is 0 Å².